The quantitative estimate of drug-likeness (QED) is 0.537. The molecule has 26 heavy (non-hydrogen) atoms. The molecule has 132 valence electrons. The van der Waals surface area contributed by atoms with Gasteiger partial charge in [-0.25, -0.2) is 9.67 Å². The molecular formula is C19H21N7. The molecule has 0 aliphatic carbocycles. The lowest BCUT2D eigenvalue weighted by Gasteiger charge is -2.13. The smallest absolute Gasteiger partial charge is 0.152 e. The second-order valence-corrected chi connectivity index (χ2v) is 6.29. The van der Waals surface area contributed by atoms with Crippen molar-refractivity contribution >= 4 is 0 Å². The molecule has 4 aromatic rings. The number of benzene rings is 1. The van der Waals surface area contributed by atoms with Crippen LogP contribution in [0, 0.1) is 6.92 Å². The van der Waals surface area contributed by atoms with Gasteiger partial charge >= 0.3 is 0 Å². The zero-order valence-electron chi connectivity index (χ0n) is 14.9. The summed E-state index contributed by atoms with van der Waals surface area (Å²) in [5.41, 5.74) is 3.22. The Balaban J connectivity index is 1.76. The van der Waals surface area contributed by atoms with Crippen LogP contribution >= 0.6 is 0 Å². The van der Waals surface area contributed by atoms with Gasteiger partial charge in [-0.3, -0.25) is 0 Å². The van der Waals surface area contributed by atoms with Crippen LogP contribution in [0.1, 0.15) is 24.7 Å². The fraction of sp³-hybridized carbons (Fsp3) is 0.263. The maximum Gasteiger partial charge on any atom is 0.152 e. The Hall–Kier alpha value is -3.22. The van der Waals surface area contributed by atoms with Crippen LogP contribution < -0.4 is 0 Å². The highest BCUT2D eigenvalue weighted by Crippen LogP contribution is 2.27. The van der Waals surface area contributed by atoms with Crippen LogP contribution in [0.3, 0.4) is 0 Å². The number of rotatable bonds is 6. The van der Waals surface area contributed by atoms with Crippen LogP contribution in [0.4, 0.5) is 0 Å². The fourth-order valence-electron chi connectivity index (χ4n) is 3.10. The van der Waals surface area contributed by atoms with E-state index in [9.17, 15) is 0 Å². The van der Waals surface area contributed by atoms with Gasteiger partial charge in [-0.15, -0.1) is 10.2 Å². The van der Waals surface area contributed by atoms with E-state index in [0.29, 0.717) is 6.54 Å². The molecule has 0 spiro atoms. The van der Waals surface area contributed by atoms with Gasteiger partial charge in [0.25, 0.3) is 0 Å². The first kappa shape index (κ1) is 16.3. The van der Waals surface area contributed by atoms with E-state index in [2.05, 4.69) is 61.5 Å². The number of aryl methyl sites for hydroxylation is 2. The van der Waals surface area contributed by atoms with Crippen molar-refractivity contribution in [1.29, 1.82) is 0 Å². The second-order valence-electron chi connectivity index (χ2n) is 6.29. The maximum absolute atomic E-state index is 4.62. The van der Waals surface area contributed by atoms with Crippen molar-refractivity contribution in [3.8, 4) is 17.1 Å². The van der Waals surface area contributed by atoms with Crippen molar-refractivity contribution in [2.75, 3.05) is 0 Å². The van der Waals surface area contributed by atoms with Gasteiger partial charge in [-0.1, -0.05) is 18.6 Å². The Labute approximate surface area is 152 Å². The first-order chi connectivity index (χ1) is 12.8. The summed E-state index contributed by atoms with van der Waals surface area (Å²) in [5.74, 6) is 1.82. The molecule has 0 radical (unpaired) electrons. The number of hydrogen-bond donors (Lipinski definition) is 0. The van der Waals surface area contributed by atoms with Gasteiger partial charge < -0.3 is 9.13 Å². The third-order valence-corrected chi connectivity index (χ3v) is 4.33. The monoisotopic (exact) mass is 347 g/mol. The summed E-state index contributed by atoms with van der Waals surface area (Å²) in [4.78, 5) is 4.62. The number of aromatic nitrogens is 7. The summed E-state index contributed by atoms with van der Waals surface area (Å²) in [5, 5.41) is 12.7. The standard InChI is InChI=1S/C19H21N7/c1-3-9-25-14-21-23-18(25)13-24-11-8-20-19(24)16-12-15(2)5-6-17(16)26-10-4-7-22-26/h4-8,10-12,14H,3,9,13H2,1-2H3. The summed E-state index contributed by atoms with van der Waals surface area (Å²) in [6.07, 6.45) is 10.4. The molecule has 1 aromatic carbocycles. The van der Waals surface area contributed by atoms with E-state index in [-0.39, 0.29) is 0 Å². The van der Waals surface area contributed by atoms with Gasteiger partial charge in [0.2, 0.25) is 0 Å². The van der Waals surface area contributed by atoms with E-state index in [0.717, 1.165) is 35.9 Å². The Morgan fingerprint density at radius 2 is 2.00 bits per heavy atom. The average molecular weight is 347 g/mol. The maximum atomic E-state index is 4.62. The van der Waals surface area contributed by atoms with Crippen LogP contribution in [-0.2, 0) is 13.1 Å². The summed E-state index contributed by atoms with van der Waals surface area (Å²) in [6.45, 7) is 5.77. The number of hydrogen-bond acceptors (Lipinski definition) is 4. The third kappa shape index (κ3) is 3.03. The van der Waals surface area contributed by atoms with Crippen molar-refractivity contribution < 1.29 is 0 Å². The average Bonchev–Trinajstić information content (AvgIpc) is 3.38. The SMILES string of the molecule is CCCn1cnnc1Cn1ccnc1-c1cc(C)ccc1-n1cccn1. The van der Waals surface area contributed by atoms with Crippen molar-refractivity contribution in [3.05, 3.63) is 66.8 Å². The lowest BCUT2D eigenvalue weighted by atomic mass is 10.1. The normalized spacial score (nSPS) is 11.2. The van der Waals surface area contributed by atoms with Gasteiger partial charge in [-0.2, -0.15) is 5.10 Å². The van der Waals surface area contributed by atoms with Crippen molar-refractivity contribution in [2.24, 2.45) is 0 Å². The van der Waals surface area contributed by atoms with Crippen LogP contribution in [0.15, 0.2) is 55.4 Å². The predicted octanol–water partition coefficient (Wildman–Crippen LogP) is 3.09. The van der Waals surface area contributed by atoms with Crippen molar-refractivity contribution in [1.82, 2.24) is 34.1 Å². The van der Waals surface area contributed by atoms with Gasteiger partial charge in [0.15, 0.2) is 5.82 Å². The molecule has 4 rings (SSSR count). The predicted molar refractivity (Wildman–Crippen MR) is 98.9 cm³/mol. The molecule has 0 unspecified atom stereocenters. The number of nitrogens with zero attached hydrogens (tertiary/aromatic N) is 7. The molecule has 0 aliphatic heterocycles. The molecule has 0 bridgehead atoms. The van der Waals surface area contributed by atoms with Gasteiger partial charge in [0, 0.05) is 36.9 Å². The van der Waals surface area contributed by atoms with Gasteiger partial charge in [-0.05, 0) is 31.5 Å². The zero-order valence-corrected chi connectivity index (χ0v) is 14.9. The summed E-state index contributed by atoms with van der Waals surface area (Å²) >= 11 is 0. The zero-order chi connectivity index (χ0) is 17.9. The minimum absolute atomic E-state index is 0.627. The molecule has 0 fully saturated rings. The highest BCUT2D eigenvalue weighted by atomic mass is 15.3. The highest BCUT2D eigenvalue weighted by Gasteiger charge is 2.15. The fourth-order valence-corrected chi connectivity index (χ4v) is 3.10. The minimum atomic E-state index is 0.627. The van der Waals surface area contributed by atoms with Crippen LogP contribution in [0.25, 0.3) is 17.1 Å². The molecule has 0 aliphatic rings. The lowest BCUT2D eigenvalue weighted by Crippen LogP contribution is -2.10. The van der Waals surface area contributed by atoms with E-state index in [1.807, 2.05) is 29.3 Å². The van der Waals surface area contributed by atoms with Crippen molar-refractivity contribution in [3.63, 3.8) is 0 Å². The molecule has 0 amide bonds. The van der Waals surface area contributed by atoms with E-state index in [1.165, 1.54) is 5.56 Å². The topological polar surface area (TPSA) is 66.3 Å². The molecule has 3 aromatic heterocycles. The van der Waals surface area contributed by atoms with E-state index < -0.39 is 0 Å². The third-order valence-electron chi connectivity index (χ3n) is 4.33. The second kappa shape index (κ2) is 6.95. The molecule has 0 N–H and O–H groups in total. The number of imidazole rings is 1. The molecular weight excluding hydrogens is 326 g/mol. The van der Waals surface area contributed by atoms with Crippen LogP contribution in [-0.4, -0.2) is 34.1 Å². The highest BCUT2D eigenvalue weighted by molar-refractivity contribution is 5.68. The Kier molecular flexibility index (Phi) is 4.35. The Morgan fingerprint density at radius 1 is 1.08 bits per heavy atom. The molecule has 7 nitrogen and oxygen atoms in total. The van der Waals surface area contributed by atoms with E-state index in [4.69, 9.17) is 0 Å². The van der Waals surface area contributed by atoms with Crippen LogP contribution in [0.2, 0.25) is 0 Å². The van der Waals surface area contributed by atoms with Crippen molar-refractivity contribution in [2.45, 2.75) is 33.4 Å². The molecule has 0 saturated heterocycles. The molecule has 3 heterocycles. The molecule has 0 atom stereocenters. The van der Waals surface area contributed by atoms with E-state index >= 15 is 0 Å². The van der Waals surface area contributed by atoms with Gasteiger partial charge in [0.05, 0.1) is 12.2 Å². The summed E-state index contributed by atoms with van der Waals surface area (Å²) in [6, 6.07) is 8.23. The summed E-state index contributed by atoms with van der Waals surface area (Å²) < 4.78 is 6.07. The Morgan fingerprint density at radius 3 is 2.81 bits per heavy atom. The first-order valence-corrected chi connectivity index (χ1v) is 8.75. The molecule has 7 heteroatoms. The first-order valence-electron chi connectivity index (χ1n) is 8.75. The minimum Gasteiger partial charge on any atom is -0.323 e. The largest absolute Gasteiger partial charge is 0.323 e. The summed E-state index contributed by atoms with van der Waals surface area (Å²) in [7, 11) is 0. The van der Waals surface area contributed by atoms with Crippen LogP contribution in [0.5, 0.6) is 0 Å². The van der Waals surface area contributed by atoms with E-state index in [1.54, 1.807) is 12.5 Å². The van der Waals surface area contributed by atoms with Gasteiger partial charge in [0.1, 0.15) is 12.2 Å². The Bertz CT molecular complexity index is 995. The molecule has 0 saturated carbocycles. The lowest BCUT2D eigenvalue weighted by molar-refractivity contribution is 0.613.